The number of amides is 1. The Kier molecular flexibility index (Phi) is 3.78. The number of carboxylic acids is 1. The van der Waals surface area contributed by atoms with Crippen LogP contribution in [0.25, 0.3) is 0 Å². The standard InChI is InChI=1S/C14H11F2NO4S/c15-9-2-1-7(3-10(9)16)21-6-8-4-11(14(19)20)17-12(18)5-13(17)22-8/h1-4,8,13H,5-6H2,(H,19,20)/t8?,13-/m1/s1. The van der Waals surface area contributed by atoms with Crippen molar-refractivity contribution in [2.75, 3.05) is 6.61 Å². The number of aliphatic carboxylic acids is 1. The van der Waals surface area contributed by atoms with E-state index >= 15 is 0 Å². The van der Waals surface area contributed by atoms with Gasteiger partial charge in [0, 0.05) is 6.07 Å². The topological polar surface area (TPSA) is 66.8 Å². The fourth-order valence-electron chi connectivity index (χ4n) is 2.29. The molecule has 2 heterocycles. The molecule has 1 N–H and O–H groups in total. The van der Waals surface area contributed by atoms with Crippen LogP contribution in [0.2, 0.25) is 0 Å². The minimum absolute atomic E-state index is 0.0566. The van der Waals surface area contributed by atoms with Gasteiger partial charge in [0.15, 0.2) is 11.6 Å². The fourth-order valence-corrected chi connectivity index (χ4v) is 3.64. The van der Waals surface area contributed by atoms with Gasteiger partial charge in [0.25, 0.3) is 0 Å². The Morgan fingerprint density at radius 1 is 1.41 bits per heavy atom. The minimum Gasteiger partial charge on any atom is -0.492 e. The molecule has 1 unspecified atom stereocenters. The zero-order valence-corrected chi connectivity index (χ0v) is 12.0. The summed E-state index contributed by atoms with van der Waals surface area (Å²) in [5.41, 5.74) is -0.0566. The van der Waals surface area contributed by atoms with Gasteiger partial charge in [-0.25, -0.2) is 13.6 Å². The molecule has 2 aliphatic rings. The summed E-state index contributed by atoms with van der Waals surface area (Å²) >= 11 is 1.41. The van der Waals surface area contributed by atoms with Crippen LogP contribution in [0.3, 0.4) is 0 Å². The fraction of sp³-hybridized carbons (Fsp3) is 0.286. The van der Waals surface area contributed by atoms with Crippen LogP contribution in [-0.4, -0.2) is 39.1 Å². The molecule has 3 rings (SSSR count). The Hall–Kier alpha value is -2.09. The van der Waals surface area contributed by atoms with Crippen LogP contribution in [0, 0.1) is 11.6 Å². The Morgan fingerprint density at radius 2 is 2.18 bits per heavy atom. The van der Waals surface area contributed by atoms with E-state index in [0.29, 0.717) is 0 Å². The van der Waals surface area contributed by atoms with Crippen LogP contribution in [-0.2, 0) is 9.59 Å². The summed E-state index contributed by atoms with van der Waals surface area (Å²) in [5, 5.41) is 8.65. The van der Waals surface area contributed by atoms with E-state index in [9.17, 15) is 18.4 Å². The third-order valence-corrected chi connectivity index (χ3v) is 4.68. The number of halogens is 2. The Morgan fingerprint density at radius 3 is 2.82 bits per heavy atom. The second kappa shape index (κ2) is 5.60. The molecule has 1 amide bonds. The summed E-state index contributed by atoms with van der Waals surface area (Å²) in [6, 6.07) is 3.19. The lowest BCUT2D eigenvalue weighted by Gasteiger charge is -2.44. The molecule has 8 heteroatoms. The first-order valence-corrected chi connectivity index (χ1v) is 7.40. The Labute approximate surface area is 128 Å². The van der Waals surface area contributed by atoms with Crippen molar-refractivity contribution in [2.24, 2.45) is 0 Å². The maximum atomic E-state index is 13.1. The molecule has 1 fully saturated rings. The molecule has 0 aliphatic carbocycles. The highest BCUT2D eigenvalue weighted by atomic mass is 32.2. The van der Waals surface area contributed by atoms with Gasteiger partial charge in [-0.3, -0.25) is 9.69 Å². The second-order valence-corrected chi connectivity index (χ2v) is 6.26. The Balaban J connectivity index is 1.70. The van der Waals surface area contributed by atoms with Crippen LogP contribution >= 0.6 is 11.8 Å². The smallest absolute Gasteiger partial charge is 0.352 e. The predicted octanol–water partition coefficient (Wildman–Crippen LogP) is 1.99. The van der Waals surface area contributed by atoms with Crippen LogP contribution in [0.1, 0.15) is 6.42 Å². The molecule has 0 spiro atoms. The Bertz CT molecular complexity index is 679. The molecule has 1 aromatic rings. The van der Waals surface area contributed by atoms with Crippen molar-refractivity contribution in [3.05, 3.63) is 41.6 Å². The van der Waals surface area contributed by atoms with E-state index < -0.39 is 17.6 Å². The first kappa shape index (κ1) is 14.8. The van der Waals surface area contributed by atoms with Gasteiger partial charge in [0.2, 0.25) is 5.91 Å². The third-order valence-electron chi connectivity index (χ3n) is 3.37. The van der Waals surface area contributed by atoms with Gasteiger partial charge in [-0.05, 0) is 18.2 Å². The number of ether oxygens (including phenoxy) is 1. The zero-order chi connectivity index (χ0) is 15.9. The van der Waals surface area contributed by atoms with Crippen molar-refractivity contribution < 1.29 is 28.2 Å². The highest BCUT2D eigenvalue weighted by Crippen LogP contribution is 2.40. The highest BCUT2D eigenvalue weighted by Gasteiger charge is 2.45. The molecular formula is C14H11F2NO4S. The van der Waals surface area contributed by atoms with E-state index in [2.05, 4.69) is 0 Å². The van der Waals surface area contributed by atoms with Gasteiger partial charge in [-0.2, -0.15) is 0 Å². The van der Waals surface area contributed by atoms with E-state index in [0.717, 1.165) is 12.1 Å². The lowest BCUT2D eigenvalue weighted by atomic mass is 10.1. The molecular weight excluding hydrogens is 316 g/mol. The number of hydrogen-bond acceptors (Lipinski definition) is 4. The lowest BCUT2D eigenvalue weighted by molar-refractivity contribution is -0.146. The molecule has 116 valence electrons. The van der Waals surface area contributed by atoms with E-state index in [4.69, 9.17) is 9.84 Å². The van der Waals surface area contributed by atoms with Gasteiger partial charge in [-0.15, -0.1) is 11.8 Å². The van der Waals surface area contributed by atoms with Crippen molar-refractivity contribution in [3.63, 3.8) is 0 Å². The van der Waals surface area contributed by atoms with Gasteiger partial charge >= 0.3 is 5.97 Å². The van der Waals surface area contributed by atoms with Crippen LogP contribution in [0.15, 0.2) is 30.0 Å². The van der Waals surface area contributed by atoms with Crippen molar-refractivity contribution in [1.82, 2.24) is 4.90 Å². The quantitative estimate of drug-likeness (QED) is 0.857. The normalized spacial score (nSPS) is 23.5. The number of carbonyl (C=O) groups is 2. The number of thioether (sulfide) groups is 1. The lowest BCUT2D eigenvalue weighted by Crippen LogP contribution is -2.54. The number of benzene rings is 1. The SMILES string of the molecule is O=C(O)C1=CC(COc2ccc(F)c(F)c2)S[C@@H]2CC(=O)N12. The zero-order valence-electron chi connectivity index (χ0n) is 11.2. The van der Waals surface area contributed by atoms with Gasteiger partial charge in [0.1, 0.15) is 18.1 Å². The maximum absolute atomic E-state index is 13.1. The van der Waals surface area contributed by atoms with Gasteiger partial charge in [-0.1, -0.05) is 0 Å². The number of β-lactam (4-membered cyclic amide) rings is 1. The molecule has 2 atom stereocenters. The van der Waals surface area contributed by atoms with Gasteiger partial charge in [0.05, 0.1) is 17.0 Å². The summed E-state index contributed by atoms with van der Waals surface area (Å²) in [7, 11) is 0. The predicted molar refractivity (Wildman–Crippen MR) is 74.2 cm³/mol. The van der Waals surface area contributed by atoms with E-state index in [1.807, 2.05) is 0 Å². The average Bonchev–Trinajstić information content (AvgIpc) is 2.46. The molecule has 0 radical (unpaired) electrons. The van der Waals surface area contributed by atoms with Gasteiger partial charge < -0.3 is 9.84 Å². The monoisotopic (exact) mass is 327 g/mol. The summed E-state index contributed by atoms with van der Waals surface area (Å²) in [6.45, 7) is 0.102. The largest absolute Gasteiger partial charge is 0.492 e. The first-order valence-electron chi connectivity index (χ1n) is 6.46. The van der Waals surface area contributed by atoms with Crippen LogP contribution < -0.4 is 4.74 Å². The number of carboxylic acid groups (broad SMARTS) is 1. The van der Waals surface area contributed by atoms with Crippen LogP contribution in [0.4, 0.5) is 8.78 Å². The molecule has 22 heavy (non-hydrogen) atoms. The highest BCUT2D eigenvalue weighted by molar-refractivity contribution is 8.00. The third kappa shape index (κ3) is 2.66. The van der Waals surface area contributed by atoms with E-state index in [1.165, 1.54) is 28.8 Å². The van der Waals surface area contributed by atoms with Crippen molar-refractivity contribution in [2.45, 2.75) is 17.0 Å². The summed E-state index contributed by atoms with van der Waals surface area (Å²) in [5.74, 6) is -3.19. The maximum Gasteiger partial charge on any atom is 0.352 e. The second-order valence-electron chi connectivity index (χ2n) is 4.84. The van der Waals surface area contributed by atoms with Crippen molar-refractivity contribution in [3.8, 4) is 5.75 Å². The number of nitrogens with zero attached hydrogens (tertiary/aromatic N) is 1. The number of carbonyl (C=O) groups excluding carboxylic acids is 1. The van der Waals surface area contributed by atoms with Crippen molar-refractivity contribution in [1.29, 1.82) is 0 Å². The summed E-state index contributed by atoms with van der Waals surface area (Å²) in [6.07, 6.45) is 1.73. The summed E-state index contributed by atoms with van der Waals surface area (Å²) < 4.78 is 31.3. The molecule has 5 nitrogen and oxygen atoms in total. The number of hydrogen-bond donors (Lipinski definition) is 1. The molecule has 0 aromatic heterocycles. The van der Waals surface area contributed by atoms with Crippen LogP contribution in [0.5, 0.6) is 5.75 Å². The van der Waals surface area contributed by atoms with E-state index in [1.54, 1.807) is 0 Å². The molecule has 0 saturated carbocycles. The minimum atomic E-state index is -1.17. The molecule has 1 aromatic carbocycles. The average molecular weight is 327 g/mol. The number of fused-ring (bicyclic) bond motifs is 1. The number of rotatable bonds is 4. The molecule has 2 aliphatic heterocycles. The first-order chi connectivity index (χ1) is 10.5. The van der Waals surface area contributed by atoms with E-state index in [-0.39, 0.29) is 41.0 Å². The summed E-state index contributed by atoms with van der Waals surface area (Å²) in [4.78, 5) is 23.9. The van der Waals surface area contributed by atoms with Crippen molar-refractivity contribution >= 4 is 23.6 Å². The molecule has 1 saturated heterocycles. The molecule has 0 bridgehead atoms.